The van der Waals surface area contributed by atoms with E-state index < -0.39 is 5.91 Å². The van der Waals surface area contributed by atoms with Gasteiger partial charge in [0.25, 0.3) is 5.91 Å². The van der Waals surface area contributed by atoms with Gasteiger partial charge in [-0.05, 0) is 48.4 Å². The van der Waals surface area contributed by atoms with Gasteiger partial charge < -0.3 is 21.3 Å². The van der Waals surface area contributed by atoms with Crippen molar-refractivity contribution < 1.29 is 9.59 Å². The van der Waals surface area contributed by atoms with Crippen LogP contribution in [-0.2, 0) is 17.8 Å². The molecule has 1 fully saturated rings. The lowest BCUT2D eigenvalue weighted by Gasteiger charge is -2.34. The lowest BCUT2D eigenvalue weighted by molar-refractivity contribution is -0.117. The Kier molecular flexibility index (Phi) is 10.5. The van der Waals surface area contributed by atoms with E-state index in [-0.39, 0.29) is 36.4 Å². The van der Waals surface area contributed by atoms with Crippen LogP contribution in [0.2, 0.25) is 0 Å². The van der Waals surface area contributed by atoms with Crippen LogP contribution in [0.3, 0.4) is 0 Å². The monoisotopic (exact) mass is 549 g/mol. The van der Waals surface area contributed by atoms with Gasteiger partial charge in [0.1, 0.15) is 0 Å². The fraction of sp³-hybridized carbons (Fsp3) is 0.375. The molecule has 172 valence electrons. The summed E-state index contributed by atoms with van der Waals surface area (Å²) in [5, 5.41) is 5.91. The van der Waals surface area contributed by atoms with Gasteiger partial charge in [-0.2, -0.15) is 0 Å². The van der Waals surface area contributed by atoms with E-state index in [9.17, 15) is 9.59 Å². The average molecular weight is 549 g/mol. The summed E-state index contributed by atoms with van der Waals surface area (Å²) in [5.41, 5.74) is 8.01. The minimum absolute atomic E-state index is 0. The van der Waals surface area contributed by atoms with E-state index in [1.54, 1.807) is 12.1 Å². The highest BCUT2D eigenvalue weighted by molar-refractivity contribution is 14.0. The topological polar surface area (TPSA) is 99.8 Å². The van der Waals surface area contributed by atoms with Crippen molar-refractivity contribution in [2.45, 2.75) is 25.8 Å². The minimum Gasteiger partial charge on any atom is -0.368 e. The molecule has 0 spiro atoms. The first-order chi connectivity index (χ1) is 15.0. The Morgan fingerprint density at radius 1 is 1.00 bits per heavy atom. The van der Waals surface area contributed by atoms with Crippen LogP contribution in [0.25, 0.3) is 0 Å². The van der Waals surface area contributed by atoms with E-state index in [0.29, 0.717) is 18.0 Å². The Morgan fingerprint density at radius 2 is 1.66 bits per heavy atom. The second-order valence-electron chi connectivity index (χ2n) is 7.87. The Morgan fingerprint density at radius 3 is 2.25 bits per heavy atom. The highest BCUT2D eigenvalue weighted by atomic mass is 127. The first-order valence-electron chi connectivity index (χ1n) is 10.7. The Hall–Kier alpha value is -2.62. The lowest BCUT2D eigenvalue weighted by Crippen LogP contribution is -2.45. The standard InChI is InChI=1S/C24H31N5O2.HI/c1-26-24(29-13-11-19(12-14-29)15-18-5-3-2-4-6-18)28-16-20-7-9-21(10-8-20)23(31)27-17-22(25)30;/h2-10,19H,11-17H2,1H3,(H2,25,30)(H,26,28)(H,27,31);1H. The summed E-state index contributed by atoms with van der Waals surface area (Å²) in [7, 11) is 1.81. The molecule has 2 aromatic rings. The second kappa shape index (κ2) is 13.0. The Bertz CT molecular complexity index is 894. The number of nitrogens with zero attached hydrogens (tertiary/aromatic N) is 2. The molecule has 0 unspecified atom stereocenters. The van der Waals surface area contributed by atoms with Gasteiger partial charge in [-0.3, -0.25) is 14.6 Å². The molecule has 8 heteroatoms. The molecule has 2 amide bonds. The summed E-state index contributed by atoms with van der Waals surface area (Å²) >= 11 is 0. The molecule has 3 rings (SSSR count). The molecule has 7 nitrogen and oxygen atoms in total. The molecular weight excluding hydrogens is 517 g/mol. The normalized spacial score (nSPS) is 14.4. The van der Waals surface area contributed by atoms with Crippen LogP contribution in [0.5, 0.6) is 0 Å². The summed E-state index contributed by atoms with van der Waals surface area (Å²) in [6, 6.07) is 18.0. The molecular formula is C24H32IN5O2. The molecule has 32 heavy (non-hydrogen) atoms. The van der Waals surface area contributed by atoms with Crippen molar-refractivity contribution in [2.24, 2.45) is 16.6 Å². The first-order valence-corrected chi connectivity index (χ1v) is 10.7. The van der Waals surface area contributed by atoms with E-state index in [4.69, 9.17) is 5.73 Å². The molecule has 0 aliphatic carbocycles. The summed E-state index contributed by atoms with van der Waals surface area (Å²) < 4.78 is 0. The van der Waals surface area contributed by atoms with Gasteiger partial charge in [-0.1, -0.05) is 42.5 Å². The number of hydrogen-bond donors (Lipinski definition) is 3. The maximum absolute atomic E-state index is 12.0. The fourth-order valence-corrected chi connectivity index (χ4v) is 3.85. The second-order valence-corrected chi connectivity index (χ2v) is 7.87. The number of primary amides is 1. The van der Waals surface area contributed by atoms with Gasteiger partial charge in [-0.15, -0.1) is 24.0 Å². The fourth-order valence-electron chi connectivity index (χ4n) is 3.85. The molecule has 2 aromatic carbocycles. The van der Waals surface area contributed by atoms with Crippen LogP contribution >= 0.6 is 24.0 Å². The van der Waals surface area contributed by atoms with E-state index in [1.807, 2.05) is 19.2 Å². The third-order valence-corrected chi connectivity index (χ3v) is 5.58. The molecule has 1 aliphatic rings. The third kappa shape index (κ3) is 7.81. The summed E-state index contributed by atoms with van der Waals surface area (Å²) in [4.78, 5) is 29.5. The largest absolute Gasteiger partial charge is 0.368 e. The van der Waals surface area contributed by atoms with Crippen molar-refractivity contribution in [1.29, 1.82) is 0 Å². The quantitative estimate of drug-likeness (QED) is 0.281. The molecule has 0 saturated carbocycles. The number of carbonyl (C=O) groups is 2. The maximum Gasteiger partial charge on any atom is 0.251 e. The predicted octanol–water partition coefficient (Wildman–Crippen LogP) is 2.55. The number of aliphatic imine (C=N–C) groups is 1. The van der Waals surface area contributed by atoms with Crippen LogP contribution in [0.15, 0.2) is 59.6 Å². The van der Waals surface area contributed by atoms with Crippen molar-refractivity contribution >= 4 is 41.8 Å². The molecule has 0 radical (unpaired) electrons. The first kappa shape index (κ1) is 25.6. The molecule has 0 aromatic heterocycles. The van der Waals surface area contributed by atoms with Gasteiger partial charge in [0.2, 0.25) is 5.91 Å². The average Bonchev–Trinajstić information content (AvgIpc) is 2.80. The number of benzene rings is 2. The zero-order chi connectivity index (χ0) is 22.1. The highest BCUT2D eigenvalue weighted by Gasteiger charge is 2.21. The Balaban J connectivity index is 0.00000363. The van der Waals surface area contributed by atoms with E-state index >= 15 is 0 Å². The molecule has 0 bridgehead atoms. The van der Waals surface area contributed by atoms with Crippen molar-refractivity contribution in [3.05, 3.63) is 71.3 Å². The molecule has 0 atom stereocenters. The molecule has 1 saturated heterocycles. The molecule has 4 N–H and O–H groups in total. The number of carbonyl (C=O) groups excluding carboxylic acids is 2. The summed E-state index contributed by atoms with van der Waals surface area (Å²) in [5.74, 6) is 0.739. The van der Waals surface area contributed by atoms with Crippen molar-refractivity contribution in [2.75, 3.05) is 26.7 Å². The van der Waals surface area contributed by atoms with Crippen molar-refractivity contribution in [3.8, 4) is 0 Å². The molecule has 1 heterocycles. The lowest BCUT2D eigenvalue weighted by atomic mass is 9.90. The number of likely N-dealkylation sites (tertiary alicyclic amines) is 1. The van der Waals surface area contributed by atoms with Gasteiger partial charge >= 0.3 is 0 Å². The van der Waals surface area contributed by atoms with E-state index in [2.05, 4.69) is 50.9 Å². The minimum atomic E-state index is -0.565. The van der Waals surface area contributed by atoms with Crippen LogP contribution in [-0.4, -0.2) is 49.4 Å². The van der Waals surface area contributed by atoms with Crippen LogP contribution in [0.1, 0.15) is 34.3 Å². The maximum atomic E-state index is 12.0. The zero-order valence-corrected chi connectivity index (χ0v) is 20.8. The van der Waals surface area contributed by atoms with Crippen LogP contribution < -0.4 is 16.4 Å². The molecule has 1 aliphatic heterocycles. The Labute approximate surface area is 206 Å². The number of amides is 2. The predicted molar refractivity (Wildman–Crippen MR) is 138 cm³/mol. The number of nitrogens with one attached hydrogen (secondary N) is 2. The number of rotatable bonds is 7. The van der Waals surface area contributed by atoms with E-state index in [1.165, 1.54) is 5.56 Å². The number of halogens is 1. The van der Waals surface area contributed by atoms with Gasteiger partial charge in [0, 0.05) is 32.2 Å². The summed E-state index contributed by atoms with van der Waals surface area (Å²) in [6.45, 7) is 2.45. The number of nitrogens with two attached hydrogens (primary N) is 1. The van der Waals surface area contributed by atoms with Crippen molar-refractivity contribution in [3.63, 3.8) is 0 Å². The smallest absolute Gasteiger partial charge is 0.251 e. The van der Waals surface area contributed by atoms with Crippen LogP contribution in [0, 0.1) is 5.92 Å². The SMILES string of the molecule is CN=C(NCc1ccc(C(=O)NCC(N)=O)cc1)N1CCC(Cc2ccccc2)CC1.I. The van der Waals surface area contributed by atoms with Gasteiger partial charge in [0.05, 0.1) is 6.54 Å². The van der Waals surface area contributed by atoms with Gasteiger partial charge in [-0.25, -0.2) is 0 Å². The highest BCUT2D eigenvalue weighted by Crippen LogP contribution is 2.21. The van der Waals surface area contributed by atoms with E-state index in [0.717, 1.165) is 43.9 Å². The van der Waals surface area contributed by atoms with Gasteiger partial charge in [0.15, 0.2) is 5.96 Å². The summed E-state index contributed by atoms with van der Waals surface area (Å²) in [6.07, 6.45) is 3.45. The number of piperidine rings is 1. The number of guanidine groups is 1. The zero-order valence-electron chi connectivity index (χ0n) is 18.4. The van der Waals surface area contributed by atoms with Crippen LogP contribution in [0.4, 0.5) is 0 Å². The van der Waals surface area contributed by atoms with Crippen molar-refractivity contribution in [1.82, 2.24) is 15.5 Å². The number of hydrogen-bond acceptors (Lipinski definition) is 3. The third-order valence-electron chi connectivity index (χ3n) is 5.58.